The van der Waals surface area contributed by atoms with Crippen LogP contribution in [0, 0.1) is 0 Å². The Bertz CT molecular complexity index is 380. The number of hydrogen-bond donors (Lipinski definition) is 2. The summed E-state index contributed by atoms with van der Waals surface area (Å²) in [6.07, 6.45) is 1.84. The SMILES string of the molecule is CC1CC(NC(=O)N2CCSCC2C(=O)O)CCN1C. The molecular weight excluding hydrogens is 278 g/mol. The molecule has 6 nitrogen and oxygen atoms in total. The number of hydrogen-bond acceptors (Lipinski definition) is 4. The number of amides is 2. The average molecular weight is 301 g/mol. The van der Waals surface area contributed by atoms with Crippen molar-refractivity contribution in [1.82, 2.24) is 15.1 Å². The molecule has 0 aromatic carbocycles. The molecule has 3 unspecified atom stereocenters. The van der Waals surface area contributed by atoms with Crippen molar-refractivity contribution in [3.8, 4) is 0 Å². The van der Waals surface area contributed by atoms with Gasteiger partial charge in [-0.25, -0.2) is 9.59 Å². The van der Waals surface area contributed by atoms with Crippen LogP contribution in [-0.4, -0.2) is 76.7 Å². The van der Waals surface area contributed by atoms with Crippen molar-refractivity contribution < 1.29 is 14.7 Å². The number of carbonyl (C=O) groups excluding carboxylic acids is 1. The normalized spacial score (nSPS) is 31.9. The van der Waals surface area contributed by atoms with E-state index in [0.717, 1.165) is 25.1 Å². The van der Waals surface area contributed by atoms with E-state index in [9.17, 15) is 14.7 Å². The summed E-state index contributed by atoms with van der Waals surface area (Å²) in [6, 6.07) is -0.323. The summed E-state index contributed by atoms with van der Waals surface area (Å²) in [5.74, 6) is 0.372. The van der Waals surface area contributed by atoms with Gasteiger partial charge in [-0.1, -0.05) is 0 Å². The van der Waals surface area contributed by atoms with Gasteiger partial charge in [-0.3, -0.25) is 0 Å². The van der Waals surface area contributed by atoms with Crippen molar-refractivity contribution in [3.63, 3.8) is 0 Å². The number of nitrogens with zero attached hydrogens (tertiary/aromatic N) is 2. The predicted molar refractivity (Wildman–Crippen MR) is 79.1 cm³/mol. The Morgan fingerprint density at radius 1 is 1.35 bits per heavy atom. The van der Waals surface area contributed by atoms with Crippen molar-refractivity contribution >= 4 is 23.8 Å². The summed E-state index contributed by atoms with van der Waals surface area (Å²) in [4.78, 5) is 27.3. The van der Waals surface area contributed by atoms with Gasteiger partial charge in [0.25, 0.3) is 0 Å². The van der Waals surface area contributed by atoms with E-state index >= 15 is 0 Å². The highest BCUT2D eigenvalue weighted by molar-refractivity contribution is 7.99. The highest BCUT2D eigenvalue weighted by Crippen LogP contribution is 2.19. The molecule has 0 aromatic heterocycles. The first-order valence-electron chi connectivity index (χ1n) is 7.07. The Balaban J connectivity index is 1.91. The second-order valence-electron chi connectivity index (χ2n) is 5.62. The van der Waals surface area contributed by atoms with Gasteiger partial charge in [0, 0.05) is 36.7 Å². The predicted octanol–water partition coefficient (Wildman–Crippen LogP) is 0.681. The lowest BCUT2D eigenvalue weighted by atomic mass is 9.99. The first kappa shape index (κ1) is 15.4. The molecule has 0 aliphatic carbocycles. The first-order chi connectivity index (χ1) is 9.49. The lowest BCUT2D eigenvalue weighted by Crippen LogP contribution is -2.57. The summed E-state index contributed by atoms with van der Waals surface area (Å²) < 4.78 is 0. The Labute approximate surface area is 123 Å². The molecule has 2 N–H and O–H groups in total. The van der Waals surface area contributed by atoms with Crippen LogP contribution in [0.5, 0.6) is 0 Å². The average Bonchev–Trinajstić information content (AvgIpc) is 2.43. The lowest BCUT2D eigenvalue weighted by Gasteiger charge is -2.38. The van der Waals surface area contributed by atoms with Crippen LogP contribution in [0.4, 0.5) is 4.79 Å². The molecule has 0 saturated carbocycles. The number of urea groups is 1. The highest BCUT2D eigenvalue weighted by Gasteiger charge is 2.34. The molecule has 7 heteroatoms. The number of nitrogens with one attached hydrogen (secondary N) is 1. The van der Waals surface area contributed by atoms with Crippen LogP contribution < -0.4 is 5.32 Å². The molecular formula is C13H23N3O3S. The number of carboxylic acids is 1. The second kappa shape index (κ2) is 6.67. The van der Waals surface area contributed by atoms with Gasteiger partial charge < -0.3 is 20.2 Å². The minimum atomic E-state index is -0.913. The number of carboxylic acid groups (broad SMARTS) is 1. The molecule has 2 aliphatic heterocycles. The van der Waals surface area contributed by atoms with E-state index in [1.165, 1.54) is 4.90 Å². The van der Waals surface area contributed by atoms with E-state index in [1.807, 2.05) is 0 Å². The minimum Gasteiger partial charge on any atom is -0.480 e. The number of likely N-dealkylation sites (tertiary alicyclic amines) is 1. The molecule has 0 aromatic rings. The monoisotopic (exact) mass is 301 g/mol. The number of thioether (sulfide) groups is 1. The molecule has 20 heavy (non-hydrogen) atoms. The van der Waals surface area contributed by atoms with E-state index in [0.29, 0.717) is 18.3 Å². The third-order valence-electron chi connectivity index (χ3n) is 4.21. The lowest BCUT2D eigenvalue weighted by molar-refractivity contribution is -0.141. The number of carbonyl (C=O) groups is 2. The van der Waals surface area contributed by atoms with Crippen LogP contribution >= 0.6 is 11.8 Å². The largest absolute Gasteiger partial charge is 0.480 e. The molecule has 2 aliphatic rings. The third kappa shape index (κ3) is 3.58. The van der Waals surface area contributed by atoms with Crippen LogP contribution in [0.3, 0.4) is 0 Å². The molecule has 3 atom stereocenters. The van der Waals surface area contributed by atoms with Crippen LogP contribution in [0.15, 0.2) is 0 Å². The summed E-state index contributed by atoms with van der Waals surface area (Å²) in [5.41, 5.74) is 0. The van der Waals surface area contributed by atoms with Gasteiger partial charge >= 0.3 is 12.0 Å². The van der Waals surface area contributed by atoms with Gasteiger partial charge in [-0.15, -0.1) is 0 Å². The van der Waals surface area contributed by atoms with Crippen molar-refractivity contribution in [2.24, 2.45) is 0 Å². The first-order valence-corrected chi connectivity index (χ1v) is 8.22. The molecule has 2 saturated heterocycles. The van der Waals surface area contributed by atoms with Crippen LogP contribution in [0.2, 0.25) is 0 Å². The number of piperidine rings is 1. The zero-order valence-electron chi connectivity index (χ0n) is 12.0. The molecule has 0 spiro atoms. The maximum absolute atomic E-state index is 12.3. The summed E-state index contributed by atoms with van der Waals surface area (Å²) in [7, 11) is 2.09. The maximum atomic E-state index is 12.3. The van der Waals surface area contributed by atoms with Crippen molar-refractivity contribution in [2.45, 2.75) is 37.9 Å². The smallest absolute Gasteiger partial charge is 0.327 e. The number of rotatable bonds is 2. The van der Waals surface area contributed by atoms with Gasteiger partial charge in [0.05, 0.1) is 0 Å². The zero-order valence-corrected chi connectivity index (χ0v) is 12.9. The van der Waals surface area contributed by atoms with Gasteiger partial charge in [0.15, 0.2) is 0 Å². The van der Waals surface area contributed by atoms with Crippen molar-refractivity contribution in [2.75, 3.05) is 31.6 Å². The van der Waals surface area contributed by atoms with Crippen LogP contribution in [0.1, 0.15) is 19.8 Å². The molecule has 2 heterocycles. The quantitative estimate of drug-likeness (QED) is 0.785. The molecule has 2 amide bonds. The second-order valence-corrected chi connectivity index (χ2v) is 6.77. The van der Waals surface area contributed by atoms with Gasteiger partial charge in [-0.05, 0) is 26.8 Å². The third-order valence-corrected chi connectivity index (χ3v) is 5.23. The van der Waals surface area contributed by atoms with E-state index < -0.39 is 12.0 Å². The van der Waals surface area contributed by atoms with Gasteiger partial charge in [-0.2, -0.15) is 11.8 Å². The summed E-state index contributed by atoms with van der Waals surface area (Å²) in [5, 5.41) is 12.2. The molecule has 114 valence electrons. The van der Waals surface area contributed by atoms with Crippen LogP contribution in [-0.2, 0) is 4.79 Å². The Kier molecular flexibility index (Phi) is 5.15. The minimum absolute atomic E-state index is 0.151. The van der Waals surface area contributed by atoms with Gasteiger partial charge in [0.2, 0.25) is 0 Å². The molecule has 0 bridgehead atoms. The standard InChI is InChI=1S/C13H23N3O3S/c1-9-7-10(3-4-15(9)2)14-13(19)16-5-6-20-8-11(16)12(17)18/h9-11H,3-8H2,1-2H3,(H,14,19)(H,17,18). The summed E-state index contributed by atoms with van der Waals surface area (Å²) >= 11 is 1.59. The fourth-order valence-corrected chi connectivity index (χ4v) is 3.77. The zero-order chi connectivity index (χ0) is 14.7. The molecule has 0 radical (unpaired) electrons. The van der Waals surface area contributed by atoms with E-state index in [-0.39, 0.29) is 12.1 Å². The summed E-state index contributed by atoms with van der Waals surface area (Å²) in [6.45, 7) is 3.62. The van der Waals surface area contributed by atoms with Crippen LogP contribution in [0.25, 0.3) is 0 Å². The highest BCUT2D eigenvalue weighted by atomic mass is 32.2. The van der Waals surface area contributed by atoms with E-state index in [2.05, 4.69) is 24.2 Å². The van der Waals surface area contributed by atoms with Crippen molar-refractivity contribution in [1.29, 1.82) is 0 Å². The molecule has 2 fully saturated rings. The fourth-order valence-electron chi connectivity index (χ4n) is 2.73. The van der Waals surface area contributed by atoms with E-state index in [1.54, 1.807) is 11.8 Å². The topological polar surface area (TPSA) is 72.9 Å². The number of aliphatic carboxylic acids is 1. The Hall–Kier alpha value is -0.950. The van der Waals surface area contributed by atoms with Crippen molar-refractivity contribution in [3.05, 3.63) is 0 Å². The Morgan fingerprint density at radius 2 is 2.10 bits per heavy atom. The molecule has 2 rings (SSSR count). The fraction of sp³-hybridized carbons (Fsp3) is 0.846. The Morgan fingerprint density at radius 3 is 2.75 bits per heavy atom. The van der Waals surface area contributed by atoms with Gasteiger partial charge in [0.1, 0.15) is 6.04 Å². The van der Waals surface area contributed by atoms with E-state index in [4.69, 9.17) is 0 Å². The maximum Gasteiger partial charge on any atom is 0.327 e.